The van der Waals surface area contributed by atoms with Gasteiger partial charge in [0.2, 0.25) is 0 Å². The zero-order valence-electron chi connectivity index (χ0n) is 48.5. The van der Waals surface area contributed by atoms with E-state index >= 15 is 0 Å². The number of carbonyl (C=O) groups excluding carboxylic acids is 3. The van der Waals surface area contributed by atoms with Crippen LogP contribution >= 0.6 is 0 Å². The van der Waals surface area contributed by atoms with E-state index in [-0.39, 0.29) is 31.1 Å². The van der Waals surface area contributed by atoms with Crippen LogP contribution in [0.15, 0.2) is 134 Å². The molecule has 0 aromatic rings. The van der Waals surface area contributed by atoms with E-state index in [1.54, 1.807) is 0 Å². The van der Waals surface area contributed by atoms with Gasteiger partial charge in [-0.2, -0.15) is 0 Å². The van der Waals surface area contributed by atoms with Crippen LogP contribution in [0.4, 0.5) is 0 Å². The number of ether oxygens (including phenoxy) is 3. The van der Waals surface area contributed by atoms with Crippen molar-refractivity contribution in [2.45, 2.75) is 271 Å². The highest BCUT2D eigenvalue weighted by Gasteiger charge is 2.19. The molecule has 1 atom stereocenters. The van der Waals surface area contributed by atoms with Crippen LogP contribution in [0, 0.1) is 0 Å². The Bertz CT molecular complexity index is 1620. The molecule has 0 spiro atoms. The standard InChI is InChI=1S/C69H112O6/c1-4-7-10-13-16-19-22-25-27-28-29-30-31-32-33-34-35-36-37-38-39-40-42-44-47-50-53-56-59-62-68(71)74-65-66(64-73-67(70)61-58-55-52-49-46-43-24-21-18-15-12-9-6-3)75-69(72)63-60-57-54-51-48-45-41-26-23-20-17-14-11-8-5-2/h7,10,16-17,19-21,24-27,29-30,32-33,35-36,38-39,41-42,44,66H,4-6,8-9,11-15,18,22-23,28,31,34,37,40,43,45-65H2,1-3H3/b10-7-,19-16-,20-17-,24-21-,27-25-,30-29-,33-32-,36-35-,39-38-,41-26-,44-42-. The number of esters is 3. The van der Waals surface area contributed by atoms with Gasteiger partial charge in [-0.15, -0.1) is 0 Å². The monoisotopic (exact) mass is 1040 g/mol. The first-order valence-electron chi connectivity index (χ1n) is 30.7. The van der Waals surface area contributed by atoms with Crippen molar-refractivity contribution in [2.24, 2.45) is 0 Å². The minimum atomic E-state index is -0.804. The second kappa shape index (κ2) is 62.1. The second-order valence-corrected chi connectivity index (χ2v) is 19.9. The Labute approximate surface area is 462 Å². The van der Waals surface area contributed by atoms with Crippen molar-refractivity contribution in [3.63, 3.8) is 0 Å². The molecule has 0 aliphatic heterocycles. The Kier molecular flexibility index (Phi) is 58.4. The van der Waals surface area contributed by atoms with Crippen molar-refractivity contribution in [1.29, 1.82) is 0 Å². The van der Waals surface area contributed by atoms with Crippen molar-refractivity contribution in [2.75, 3.05) is 13.2 Å². The molecule has 1 unspecified atom stereocenters. The predicted octanol–water partition coefficient (Wildman–Crippen LogP) is 21.0. The van der Waals surface area contributed by atoms with Gasteiger partial charge in [-0.1, -0.05) is 238 Å². The van der Waals surface area contributed by atoms with Crippen LogP contribution in [-0.2, 0) is 28.6 Å². The fourth-order valence-corrected chi connectivity index (χ4v) is 8.01. The Hall–Kier alpha value is -4.45. The van der Waals surface area contributed by atoms with Crippen LogP contribution in [-0.4, -0.2) is 37.2 Å². The van der Waals surface area contributed by atoms with Gasteiger partial charge in [-0.3, -0.25) is 14.4 Å². The maximum atomic E-state index is 12.9. The van der Waals surface area contributed by atoms with Crippen molar-refractivity contribution in [3.8, 4) is 0 Å². The highest BCUT2D eigenvalue weighted by Crippen LogP contribution is 2.13. The third-order valence-electron chi connectivity index (χ3n) is 12.6. The van der Waals surface area contributed by atoms with Crippen LogP contribution in [0.2, 0.25) is 0 Å². The lowest BCUT2D eigenvalue weighted by molar-refractivity contribution is -0.167. The number of unbranched alkanes of at least 4 members (excludes halogenated alkanes) is 21. The van der Waals surface area contributed by atoms with Gasteiger partial charge in [-0.25, -0.2) is 0 Å². The van der Waals surface area contributed by atoms with E-state index in [1.807, 2.05) is 0 Å². The molecule has 0 amide bonds. The summed E-state index contributed by atoms with van der Waals surface area (Å²) in [6, 6.07) is 0. The van der Waals surface area contributed by atoms with E-state index in [9.17, 15) is 14.4 Å². The van der Waals surface area contributed by atoms with E-state index in [4.69, 9.17) is 14.2 Å². The van der Waals surface area contributed by atoms with E-state index in [1.165, 1.54) is 64.2 Å². The maximum Gasteiger partial charge on any atom is 0.306 e. The van der Waals surface area contributed by atoms with Gasteiger partial charge in [0.25, 0.3) is 0 Å². The van der Waals surface area contributed by atoms with Gasteiger partial charge < -0.3 is 14.2 Å². The third-order valence-corrected chi connectivity index (χ3v) is 12.6. The molecule has 0 N–H and O–H groups in total. The molecule has 6 heteroatoms. The first kappa shape index (κ1) is 70.5. The summed E-state index contributed by atoms with van der Waals surface area (Å²) < 4.78 is 16.8. The molecule has 0 aromatic heterocycles. The molecular weight excluding hydrogens is 925 g/mol. The minimum Gasteiger partial charge on any atom is -0.462 e. The largest absolute Gasteiger partial charge is 0.462 e. The Morgan fingerprint density at radius 1 is 0.280 bits per heavy atom. The zero-order valence-corrected chi connectivity index (χ0v) is 48.5. The number of hydrogen-bond donors (Lipinski definition) is 0. The average molecular weight is 1040 g/mol. The molecule has 75 heavy (non-hydrogen) atoms. The number of allylic oxidation sites excluding steroid dienone is 22. The molecule has 0 aliphatic rings. The maximum absolute atomic E-state index is 12.9. The topological polar surface area (TPSA) is 78.9 Å². The molecule has 0 saturated carbocycles. The number of hydrogen-bond acceptors (Lipinski definition) is 6. The van der Waals surface area contributed by atoms with Crippen molar-refractivity contribution >= 4 is 17.9 Å². The zero-order chi connectivity index (χ0) is 54.3. The summed E-state index contributed by atoms with van der Waals surface area (Å²) in [5.74, 6) is -0.949. The Morgan fingerprint density at radius 2 is 0.520 bits per heavy atom. The lowest BCUT2D eigenvalue weighted by atomic mass is 10.1. The molecule has 0 aliphatic carbocycles. The van der Waals surface area contributed by atoms with E-state index in [2.05, 4.69) is 154 Å². The molecule has 424 valence electrons. The minimum absolute atomic E-state index is 0.0996. The highest BCUT2D eigenvalue weighted by molar-refractivity contribution is 5.71. The lowest BCUT2D eigenvalue weighted by Gasteiger charge is -2.18. The third kappa shape index (κ3) is 60.3. The lowest BCUT2D eigenvalue weighted by Crippen LogP contribution is -2.30. The fourth-order valence-electron chi connectivity index (χ4n) is 8.01. The molecule has 0 rings (SSSR count). The van der Waals surface area contributed by atoms with Crippen molar-refractivity contribution < 1.29 is 28.6 Å². The normalized spacial score (nSPS) is 13.1. The van der Waals surface area contributed by atoms with Crippen LogP contribution in [0.25, 0.3) is 0 Å². The molecule has 0 radical (unpaired) electrons. The first-order chi connectivity index (χ1) is 37.0. The summed E-state index contributed by atoms with van der Waals surface area (Å²) in [6.07, 6.45) is 87.3. The van der Waals surface area contributed by atoms with Gasteiger partial charge in [0.15, 0.2) is 6.10 Å². The summed E-state index contributed by atoms with van der Waals surface area (Å²) >= 11 is 0. The van der Waals surface area contributed by atoms with Crippen LogP contribution < -0.4 is 0 Å². The SMILES string of the molecule is CC/C=C\C/C=C\C/C=C\C/C=C\C/C=C\C/C=C\C/C=C\C/C=C\CCCCCCC(=O)OCC(COC(=O)CCCCCCC/C=C\CCCCCC)OC(=O)CCCCCCC/C=C\C/C=C\CCCCC. The number of carbonyl (C=O) groups is 3. The summed E-state index contributed by atoms with van der Waals surface area (Å²) in [5.41, 5.74) is 0. The van der Waals surface area contributed by atoms with Crippen molar-refractivity contribution in [3.05, 3.63) is 134 Å². The molecule has 0 fully saturated rings. The molecule has 0 bridgehead atoms. The smallest absolute Gasteiger partial charge is 0.306 e. The highest BCUT2D eigenvalue weighted by atomic mass is 16.6. The van der Waals surface area contributed by atoms with Crippen molar-refractivity contribution in [1.82, 2.24) is 0 Å². The van der Waals surface area contributed by atoms with Gasteiger partial charge >= 0.3 is 17.9 Å². The summed E-state index contributed by atoms with van der Waals surface area (Å²) in [6.45, 7) is 6.44. The molecule has 0 aromatic carbocycles. The molecular formula is C69H112O6. The Morgan fingerprint density at radius 3 is 0.853 bits per heavy atom. The van der Waals surface area contributed by atoms with Crippen LogP contribution in [0.3, 0.4) is 0 Å². The number of rotatable bonds is 54. The van der Waals surface area contributed by atoms with E-state index in [0.717, 1.165) is 161 Å². The second-order valence-electron chi connectivity index (χ2n) is 19.9. The van der Waals surface area contributed by atoms with Crippen LogP contribution in [0.1, 0.15) is 265 Å². The van der Waals surface area contributed by atoms with Crippen LogP contribution in [0.5, 0.6) is 0 Å². The predicted molar refractivity (Wildman–Crippen MR) is 325 cm³/mol. The Balaban J connectivity index is 4.40. The van der Waals surface area contributed by atoms with Gasteiger partial charge in [0, 0.05) is 19.3 Å². The summed E-state index contributed by atoms with van der Waals surface area (Å²) in [7, 11) is 0. The molecule has 0 saturated heterocycles. The summed E-state index contributed by atoms with van der Waals surface area (Å²) in [4.78, 5) is 38.2. The molecule has 0 heterocycles. The first-order valence-corrected chi connectivity index (χ1v) is 30.7. The van der Waals surface area contributed by atoms with E-state index < -0.39 is 6.10 Å². The molecule has 6 nitrogen and oxygen atoms in total. The van der Waals surface area contributed by atoms with E-state index in [0.29, 0.717) is 19.3 Å². The van der Waals surface area contributed by atoms with Gasteiger partial charge in [-0.05, 0) is 141 Å². The van der Waals surface area contributed by atoms with Gasteiger partial charge in [0.05, 0.1) is 0 Å². The summed E-state index contributed by atoms with van der Waals surface area (Å²) in [5, 5.41) is 0. The average Bonchev–Trinajstić information content (AvgIpc) is 3.41. The quantitative estimate of drug-likeness (QED) is 0.0261. The van der Waals surface area contributed by atoms with Gasteiger partial charge in [0.1, 0.15) is 13.2 Å². The fraction of sp³-hybridized carbons (Fsp3) is 0.638.